The van der Waals surface area contributed by atoms with Gasteiger partial charge in [-0.25, -0.2) is 0 Å². The van der Waals surface area contributed by atoms with Crippen molar-refractivity contribution >= 4 is 11.6 Å². The third-order valence-electron chi connectivity index (χ3n) is 6.25. The number of benzene rings is 2. The van der Waals surface area contributed by atoms with Gasteiger partial charge in [0.2, 0.25) is 0 Å². The van der Waals surface area contributed by atoms with Gasteiger partial charge in [0.05, 0.1) is 25.2 Å². The molecule has 0 amide bonds. The van der Waals surface area contributed by atoms with Gasteiger partial charge in [-0.15, -0.1) is 0 Å². The van der Waals surface area contributed by atoms with E-state index in [1.54, 1.807) is 18.2 Å². The van der Waals surface area contributed by atoms with Crippen LogP contribution in [0.5, 0.6) is 5.75 Å². The summed E-state index contributed by atoms with van der Waals surface area (Å²) >= 11 is 6.39. The Bertz CT molecular complexity index is 929. The van der Waals surface area contributed by atoms with Gasteiger partial charge in [-0.1, -0.05) is 35.9 Å². The average Bonchev–Trinajstić information content (AvgIpc) is 2.80. The first-order valence-electron chi connectivity index (χ1n) is 10.8. The molecule has 0 aromatic heterocycles. The van der Waals surface area contributed by atoms with Crippen LogP contribution in [-0.2, 0) is 15.9 Å². The molecule has 2 aromatic rings. The summed E-state index contributed by atoms with van der Waals surface area (Å²) in [5, 5.41) is 40.4. The van der Waals surface area contributed by atoms with Crippen LogP contribution in [0.25, 0.3) is 0 Å². The maximum Gasteiger partial charge on any atom is 0.119 e. The predicted octanol–water partition coefficient (Wildman–Crippen LogP) is 1.81. The van der Waals surface area contributed by atoms with E-state index in [1.807, 2.05) is 24.3 Å². The van der Waals surface area contributed by atoms with E-state index >= 15 is 0 Å². The summed E-state index contributed by atoms with van der Waals surface area (Å²) in [7, 11) is 0. The number of aliphatic hydroxyl groups is 4. The second-order valence-corrected chi connectivity index (χ2v) is 9.24. The van der Waals surface area contributed by atoms with Crippen LogP contribution in [0, 0.1) is 5.41 Å². The Hall–Kier alpha value is -1.78. The molecule has 33 heavy (non-hydrogen) atoms. The molecule has 9 heteroatoms. The fourth-order valence-electron chi connectivity index (χ4n) is 4.03. The van der Waals surface area contributed by atoms with Crippen LogP contribution < -0.4 is 4.74 Å². The highest BCUT2D eigenvalue weighted by Crippen LogP contribution is 2.35. The van der Waals surface area contributed by atoms with Crippen molar-refractivity contribution in [2.75, 3.05) is 33.1 Å². The first-order chi connectivity index (χ1) is 15.9. The Morgan fingerprint density at radius 1 is 1.03 bits per heavy atom. The van der Waals surface area contributed by atoms with E-state index in [9.17, 15) is 24.8 Å². The minimum absolute atomic E-state index is 0.260. The van der Waals surface area contributed by atoms with E-state index in [0.29, 0.717) is 36.0 Å². The zero-order valence-electron chi connectivity index (χ0n) is 17.9. The molecule has 5 atom stereocenters. The summed E-state index contributed by atoms with van der Waals surface area (Å²) in [6.07, 6.45) is -5.64. The van der Waals surface area contributed by atoms with Crippen LogP contribution in [0.4, 0.5) is 4.39 Å². The Morgan fingerprint density at radius 2 is 1.76 bits per heavy atom. The van der Waals surface area contributed by atoms with E-state index < -0.39 is 49.2 Å². The maximum atomic E-state index is 13.2. The number of rotatable bonds is 8. The highest BCUT2D eigenvalue weighted by Gasteiger charge is 2.44. The molecule has 0 saturated carbocycles. The molecule has 2 heterocycles. The lowest BCUT2D eigenvalue weighted by Gasteiger charge is -2.40. The summed E-state index contributed by atoms with van der Waals surface area (Å²) in [5.74, 6) is 0.639. The largest absolute Gasteiger partial charge is 0.493 e. The fourth-order valence-corrected chi connectivity index (χ4v) is 4.22. The second-order valence-electron chi connectivity index (χ2n) is 8.84. The third-order valence-corrected chi connectivity index (χ3v) is 6.62. The Balaban J connectivity index is 1.45. The van der Waals surface area contributed by atoms with Gasteiger partial charge in [-0.05, 0) is 41.3 Å². The third kappa shape index (κ3) is 5.17. The van der Waals surface area contributed by atoms with Gasteiger partial charge >= 0.3 is 0 Å². The van der Waals surface area contributed by atoms with Gasteiger partial charge in [0.15, 0.2) is 0 Å². The number of aliphatic hydroxyl groups excluding tert-OH is 4. The Morgan fingerprint density at radius 3 is 2.36 bits per heavy atom. The molecular formula is C24H28ClFO7. The first kappa shape index (κ1) is 24.3. The van der Waals surface area contributed by atoms with Crippen LogP contribution in [0.3, 0.4) is 0 Å². The van der Waals surface area contributed by atoms with Crippen molar-refractivity contribution in [2.24, 2.45) is 5.41 Å². The SMILES string of the molecule is OC[C@H]1O[C@@H](c2ccc(Cl)c(Cc3ccc(OCC4(CF)COC4)cc3)c2)[C@H](O)[C@@H](O)[C@@H]1O. The van der Waals surface area contributed by atoms with E-state index in [1.165, 1.54) is 0 Å². The lowest BCUT2D eigenvalue weighted by Crippen LogP contribution is -2.55. The van der Waals surface area contributed by atoms with Crippen LogP contribution in [0.2, 0.25) is 5.02 Å². The number of alkyl halides is 1. The smallest absolute Gasteiger partial charge is 0.119 e. The van der Waals surface area contributed by atoms with Crippen molar-refractivity contribution in [3.63, 3.8) is 0 Å². The minimum Gasteiger partial charge on any atom is -0.493 e. The standard InChI is InChI=1S/C24H28ClFO7/c25-18-6-3-15(23-22(30)21(29)20(28)19(9-27)33-23)8-16(18)7-14-1-4-17(5-2-14)32-13-24(10-26)11-31-12-24/h1-6,8,19-23,27-30H,7,9-13H2/t19-,20-,21+,22-,23+/m1/s1. The molecule has 7 nitrogen and oxygen atoms in total. The molecule has 0 unspecified atom stereocenters. The van der Waals surface area contributed by atoms with Crippen molar-refractivity contribution in [1.82, 2.24) is 0 Å². The highest BCUT2D eigenvalue weighted by molar-refractivity contribution is 6.31. The molecule has 4 rings (SSSR count). The van der Waals surface area contributed by atoms with E-state index in [4.69, 9.17) is 25.8 Å². The van der Waals surface area contributed by atoms with E-state index in [0.717, 1.165) is 11.1 Å². The molecule has 0 bridgehead atoms. The summed E-state index contributed by atoms with van der Waals surface area (Å²) < 4.78 is 29.7. The molecular weight excluding hydrogens is 455 g/mol. The average molecular weight is 483 g/mol. The number of hydrogen-bond donors (Lipinski definition) is 4. The molecule has 2 fully saturated rings. The van der Waals surface area contributed by atoms with Crippen molar-refractivity contribution in [3.05, 3.63) is 64.2 Å². The summed E-state index contributed by atoms with van der Waals surface area (Å²) in [6.45, 7) is 0.0235. The quantitative estimate of drug-likeness (QED) is 0.454. The van der Waals surface area contributed by atoms with Gasteiger partial charge in [0, 0.05) is 5.02 Å². The van der Waals surface area contributed by atoms with E-state index in [-0.39, 0.29) is 6.61 Å². The van der Waals surface area contributed by atoms with Crippen LogP contribution in [0.15, 0.2) is 42.5 Å². The Labute approximate surface area is 196 Å². The predicted molar refractivity (Wildman–Crippen MR) is 118 cm³/mol. The monoisotopic (exact) mass is 482 g/mol. The fraction of sp³-hybridized carbons (Fsp3) is 0.500. The normalized spacial score (nSPS) is 28.8. The number of halogens is 2. The lowest BCUT2D eigenvalue weighted by molar-refractivity contribution is -0.231. The molecule has 0 radical (unpaired) electrons. The summed E-state index contributed by atoms with van der Waals surface area (Å²) in [5.41, 5.74) is 1.77. The Kier molecular flexibility index (Phi) is 7.55. The van der Waals surface area contributed by atoms with Crippen LogP contribution in [-0.4, -0.2) is 77.9 Å². The minimum atomic E-state index is -1.45. The van der Waals surface area contributed by atoms with Gasteiger partial charge in [0.25, 0.3) is 0 Å². The molecule has 180 valence electrons. The van der Waals surface area contributed by atoms with Crippen molar-refractivity contribution in [2.45, 2.75) is 36.9 Å². The van der Waals surface area contributed by atoms with Crippen molar-refractivity contribution < 1.29 is 39.0 Å². The summed E-state index contributed by atoms with van der Waals surface area (Å²) in [4.78, 5) is 0. The summed E-state index contributed by atoms with van der Waals surface area (Å²) in [6, 6.07) is 12.6. The number of hydrogen-bond acceptors (Lipinski definition) is 7. The molecule has 2 aliphatic rings. The maximum absolute atomic E-state index is 13.2. The van der Waals surface area contributed by atoms with Crippen LogP contribution >= 0.6 is 11.6 Å². The molecule has 2 aromatic carbocycles. The first-order valence-corrected chi connectivity index (χ1v) is 11.2. The van der Waals surface area contributed by atoms with Gasteiger partial charge in [-0.3, -0.25) is 4.39 Å². The van der Waals surface area contributed by atoms with Gasteiger partial charge in [0.1, 0.15) is 49.6 Å². The molecule has 0 spiro atoms. The van der Waals surface area contributed by atoms with Gasteiger partial charge in [-0.2, -0.15) is 0 Å². The van der Waals surface area contributed by atoms with Crippen LogP contribution in [0.1, 0.15) is 22.8 Å². The number of ether oxygens (including phenoxy) is 3. The van der Waals surface area contributed by atoms with Crippen molar-refractivity contribution in [1.29, 1.82) is 0 Å². The van der Waals surface area contributed by atoms with E-state index in [2.05, 4.69) is 0 Å². The molecule has 4 N–H and O–H groups in total. The second kappa shape index (κ2) is 10.2. The molecule has 2 aliphatic heterocycles. The zero-order valence-corrected chi connectivity index (χ0v) is 18.7. The zero-order chi connectivity index (χ0) is 23.6. The molecule has 2 saturated heterocycles. The highest BCUT2D eigenvalue weighted by atomic mass is 35.5. The topological polar surface area (TPSA) is 109 Å². The molecule has 0 aliphatic carbocycles. The van der Waals surface area contributed by atoms with Crippen molar-refractivity contribution in [3.8, 4) is 5.75 Å². The van der Waals surface area contributed by atoms with Gasteiger partial charge < -0.3 is 34.6 Å². The lowest BCUT2D eigenvalue weighted by atomic mass is 9.89.